The summed E-state index contributed by atoms with van der Waals surface area (Å²) in [6.07, 6.45) is -4.55. The van der Waals surface area contributed by atoms with Crippen LogP contribution in [0.2, 0.25) is 5.02 Å². The van der Waals surface area contributed by atoms with Gasteiger partial charge in [-0.1, -0.05) is 11.6 Å². The van der Waals surface area contributed by atoms with E-state index in [1.165, 1.54) is 6.07 Å². The maximum Gasteiger partial charge on any atom is 0.417 e. The van der Waals surface area contributed by atoms with E-state index in [9.17, 15) is 13.2 Å². The molecule has 1 atom stereocenters. The lowest BCUT2D eigenvalue weighted by atomic mass is 10.2. The second-order valence-corrected chi connectivity index (χ2v) is 4.31. The van der Waals surface area contributed by atoms with Crippen molar-refractivity contribution in [3.8, 4) is 5.69 Å². The van der Waals surface area contributed by atoms with Gasteiger partial charge in [0.1, 0.15) is 0 Å². The summed E-state index contributed by atoms with van der Waals surface area (Å²) >= 11 is 5.54. The number of nitrogens with two attached hydrogens (primary N) is 1. The van der Waals surface area contributed by atoms with E-state index in [0.29, 0.717) is 0 Å². The first-order valence-corrected chi connectivity index (χ1v) is 5.59. The number of benzene rings is 1. The molecule has 0 saturated heterocycles. The molecule has 0 aliphatic rings. The number of hydrogen-bond donors (Lipinski definition) is 1. The summed E-state index contributed by atoms with van der Waals surface area (Å²) in [6.45, 7) is 1.63. The Morgan fingerprint density at radius 2 is 2.05 bits per heavy atom. The topological polar surface area (TPSA) is 69.6 Å². The molecule has 0 aliphatic heterocycles. The molecule has 1 heterocycles. The molecule has 9 heteroatoms. The predicted molar refractivity (Wildman–Crippen MR) is 61.8 cm³/mol. The van der Waals surface area contributed by atoms with Crippen molar-refractivity contribution < 1.29 is 13.2 Å². The fourth-order valence-electron chi connectivity index (χ4n) is 1.52. The van der Waals surface area contributed by atoms with Gasteiger partial charge in [-0.25, -0.2) is 0 Å². The number of aromatic nitrogens is 4. The Kier molecular flexibility index (Phi) is 3.46. The number of hydrogen-bond acceptors (Lipinski definition) is 4. The normalized spacial score (nSPS) is 13.6. The Morgan fingerprint density at radius 3 is 2.63 bits per heavy atom. The third kappa shape index (κ3) is 2.69. The van der Waals surface area contributed by atoms with Gasteiger partial charge >= 0.3 is 6.18 Å². The van der Waals surface area contributed by atoms with Gasteiger partial charge in [0.15, 0.2) is 5.82 Å². The molecule has 0 bridgehead atoms. The van der Waals surface area contributed by atoms with Gasteiger partial charge in [0.25, 0.3) is 0 Å². The minimum atomic E-state index is -4.55. The highest BCUT2D eigenvalue weighted by Crippen LogP contribution is 2.35. The number of tetrazole rings is 1. The summed E-state index contributed by atoms with van der Waals surface area (Å²) < 4.78 is 39.4. The second-order valence-electron chi connectivity index (χ2n) is 3.90. The van der Waals surface area contributed by atoms with E-state index >= 15 is 0 Å². The Labute approximate surface area is 111 Å². The molecular weight excluding hydrogens is 283 g/mol. The summed E-state index contributed by atoms with van der Waals surface area (Å²) in [5.41, 5.74) is 4.84. The largest absolute Gasteiger partial charge is 0.417 e. The van der Waals surface area contributed by atoms with Gasteiger partial charge < -0.3 is 5.73 Å². The first kappa shape index (κ1) is 13.8. The van der Waals surface area contributed by atoms with Gasteiger partial charge in [-0.05, 0) is 35.5 Å². The Morgan fingerprint density at radius 1 is 1.37 bits per heavy atom. The molecule has 102 valence electrons. The standard InChI is InChI=1S/C10H9ClF3N5/c1-5(15)9-16-17-18-19(9)6-2-3-8(11)7(4-6)10(12,13)14/h2-5H,15H2,1H3. The molecule has 2 aromatic rings. The quantitative estimate of drug-likeness (QED) is 0.922. The summed E-state index contributed by atoms with van der Waals surface area (Å²) in [4.78, 5) is 0. The summed E-state index contributed by atoms with van der Waals surface area (Å²) in [7, 11) is 0. The molecule has 0 spiro atoms. The molecule has 1 aromatic heterocycles. The van der Waals surface area contributed by atoms with E-state index in [0.717, 1.165) is 16.8 Å². The SMILES string of the molecule is CC(N)c1nnnn1-c1ccc(Cl)c(C(F)(F)F)c1. The molecule has 0 radical (unpaired) electrons. The lowest BCUT2D eigenvalue weighted by Crippen LogP contribution is -2.14. The number of nitrogens with zero attached hydrogens (tertiary/aromatic N) is 4. The van der Waals surface area contributed by atoms with Crippen LogP contribution in [0.3, 0.4) is 0 Å². The number of halogens is 4. The molecule has 19 heavy (non-hydrogen) atoms. The average Bonchev–Trinajstić information content (AvgIpc) is 2.77. The lowest BCUT2D eigenvalue weighted by Gasteiger charge is -2.12. The highest BCUT2D eigenvalue weighted by Gasteiger charge is 2.33. The van der Waals surface area contributed by atoms with Crippen LogP contribution >= 0.6 is 11.6 Å². The molecule has 0 saturated carbocycles. The van der Waals surface area contributed by atoms with Crippen molar-refractivity contribution in [2.45, 2.75) is 19.1 Å². The van der Waals surface area contributed by atoms with Gasteiger partial charge in [-0.3, -0.25) is 0 Å². The first-order chi connectivity index (χ1) is 8.80. The van der Waals surface area contributed by atoms with Crippen LogP contribution in [0.25, 0.3) is 5.69 Å². The Hall–Kier alpha value is -1.67. The van der Waals surface area contributed by atoms with Crippen molar-refractivity contribution in [3.63, 3.8) is 0 Å². The van der Waals surface area contributed by atoms with E-state index < -0.39 is 17.8 Å². The fourth-order valence-corrected chi connectivity index (χ4v) is 1.75. The smallest absolute Gasteiger partial charge is 0.321 e. The predicted octanol–water partition coefficient (Wildman–Crippen LogP) is 2.35. The minimum absolute atomic E-state index is 0.147. The zero-order chi connectivity index (χ0) is 14.2. The van der Waals surface area contributed by atoms with Crippen molar-refractivity contribution in [1.29, 1.82) is 0 Å². The van der Waals surface area contributed by atoms with Crippen LogP contribution in [-0.4, -0.2) is 20.2 Å². The van der Waals surface area contributed by atoms with Crippen LogP contribution in [0.1, 0.15) is 24.4 Å². The number of rotatable bonds is 2. The minimum Gasteiger partial charge on any atom is -0.321 e. The maximum absolute atomic E-state index is 12.8. The van der Waals surface area contributed by atoms with E-state index in [1.807, 2.05) is 0 Å². The molecule has 0 aliphatic carbocycles. The zero-order valence-electron chi connectivity index (χ0n) is 9.69. The Balaban J connectivity index is 2.55. The summed E-state index contributed by atoms with van der Waals surface area (Å²) in [6, 6.07) is 2.90. The van der Waals surface area contributed by atoms with Crippen LogP contribution in [-0.2, 0) is 6.18 Å². The van der Waals surface area contributed by atoms with Gasteiger partial charge in [0.2, 0.25) is 0 Å². The average molecular weight is 292 g/mol. The molecule has 5 nitrogen and oxygen atoms in total. The third-order valence-corrected chi connectivity index (χ3v) is 2.73. The molecule has 1 aromatic carbocycles. The van der Waals surface area contributed by atoms with E-state index in [1.54, 1.807) is 6.92 Å². The van der Waals surface area contributed by atoms with Crippen molar-refractivity contribution in [2.75, 3.05) is 0 Å². The molecule has 2 rings (SSSR count). The highest BCUT2D eigenvalue weighted by molar-refractivity contribution is 6.31. The van der Waals surface area contributed by atoms with Crippen LogP contribution < -0.4 is 5.73 Å². The van der Waals surface area contributed by atoms with Crippen LogP contribution in [0.15, 0.2) is 18.2 Å². The van der Waals surface area contributed by atoms with Crippen molar-refractivity contribution in [2.24, 2.45) is 5.73 Å². The summed E-state index contributed by atoms with van der Waals surface area (Å²) in [5.74, 6) is 0.260. The van der Waals surface area contributed by atoms with Crippen LogP contribution in [0.4, 0.5) is 13.2 Å². The molecule has 2 N–H and O–H groups in total. The van der Waals surface area contributed by atoms with E-state index in [4.69, 9.17) is 17.3 Å². The number of alkyl halides is 3. The van der Waals surface area contributed by atoms with E-state index in [-0.39, 0.29) is 16.5 Å². The lowest BCUT2D eigenvalue weighted by molar-refractivity contribution is -0.137. The van der Waals surface area contributed by atoms with Crippen molar-refractivity contribution in [1.82, 2.24) is 20.2 Å². The fraction of sp³-hybridized carbons (Fsp3) is 0.300. The van der Waals surface area contributed by atoms with Gasteiger partial charge in [-0.2, -0.15) is 17.9 Å². The first-order valence-electron chi connectivity index (χ1n) is 5.21. The monoisotopic (exact) mass is 291 g/mol. The third-order valence-electron chi connectivity index (χ3n) is 2.40. The van der Waals surface area contributed by atoms with Gasteiger partial charge in [0.05, 0.1) is 22.3 Å². The van der Waals surface area contributed by atoms with Crippen molar-refractivity contribution >= 4 is 11.6 Å². The molecular formula is C10H9ClF3N5. The van der Waals surface area contributed by atoms with Crippen LogP contribution in [0.5, 0.6) is 0 Å². The molecule has 0 fully saturated rings. The van der Waals surface area contributed by atoms with Crippen LogP contribution in [0, 0.1) is 0 Å². The van der Waals surface area contributed by atoms with Crippen molar-refractivity contribution in [3.05, 3.63) is 34.6 Å². The van der Waals surface area contributed by atoms with E-state index in [2.05, 4.69) is 15.5 Å². The van der Waals surface area contributed by atoms with Gasteiger partial charge in [-0.15, -0.1) is 5.10 Å². The van der Waals surface area contributed by atoms with Gasteiger partial charge in [0, 0.05) is 0 Å². The second kappa shape index (κ2) is 4.78. The summed E-state index contributed by atoms with van der Waals surface area (Å²) in [5, 5.41) is 10.3. The molecule has 0 amide bonds. The zero-order valence-corrected chi connectivity index (χ0v) is 10.4. The maximum atomic E-state index is 12.8. The molecule has 1 unspecified atom stereocenters. The highest BCUT2D eigenvalue weighted by atomic mass is 35.5. The Bertz CT molecular complexity index is 593.